The number of furan rings is 1. The summed E-state index contributed by atoms with van der Waals surface area (Å²) in [5.74, 6) is 1.71. The molecule has 1 saturated carbocycles. The summed E-state index contributed by atoms with van der Waals surface area (Å²) in [4.78, 5) is 14.9. The highest BCUT2D eigenvalue weighted by Gasteiger charge is 2.38. The molecule has 20 heavy (non-hydrogen) atoms. The Balaban J connectivity index is 1.89. The second kappa shape index (κ2) is 5.24. The molecule has 1 aliphatic heterocycles. The van der Waals surface area contributed by atoms with Crippen molar-refractivity contribution >= 4 is 5.91 Å². The number of fused-ring (bicyclic) bond motifs is 1. The van der Waals surface area contributed by atoms with Gasteiger partial charge in [-0.05, 0) is 33.6 Å². The number of morpholine rings is 1. The molecule has 0 N–H and O–H groups in total. The first-order valence-corrected chi connectivity index (χ1v) is 7.58. The molecule has 1 aliphatic carbocycles. The minimum absolute atomic E-state index is 0.122. The second-order valence-corrected chi connectivity index (χ2v) is 5.97. The Labute approximate surface area is 120 Å². The number of nitrogens with zero attached hydrogens (tertiary/aromatic N) is 1. The van der Waals surface area contributed by atoms with Crippen molar-refractivity contribution in [3.8, 4) is 0 Å². The lowest BCUT2D eigenvalue weighted by molar-refractivity contribution is -0.0753. The van der Waals surface area contributed by atoms with Gasteiger partial charge in [0.05, 0.1) is 24.3 Å². The van der Waals surface area contributed by atoms with Gasteiger partial charge in [-0.3, -0.25) is 4.79 Å². The maximum atomic E-state index is 12.9. The molecule has 4 heteroatoms. The molecule has 0 bridgehead atoms. The number of ether oxygens (including phenoxy) is 1. The Hall–Kier alpha value is -1.29. The Morgan fingerprint density at radius 2 is 1.90 bits per heavy atom. The van der Waals surface area contributed by atoms with Crippen LogP contribution in [0, 0.1) is 20.8 Å². The molecule has 2 heterocycles. The largest absolute Gasteiger partial charge is 0.466 e. The van der Waals surface area contributed by atoms with E-state index in [1.165, 1.54) is 12.8 Å². The lowest BCUT2D eigenvalue weighted by Crippen LogP contribution is -2.55. The van der Waals surface area contributed by atoms with Gasteiger partial charge in [0.15, 0.2) is 0 Å². The van der Waals surface area contributed by atoms with Crippen LogP contribution in [-0.4, -0.2) is 36.1 Å². The number of amides is 1. The van der Waals surface area contributed by atoms with E-state index in [1.807, 2.05) is 25.7 Å². The van der Waals surface area contributed by atoms with Crippen molar-refractivity contribution in [2.24, 2.45) is 0 Å². The molecule has 1 saturated heterocycles. The number of carbonyl (C=O) groups is 1. The van der Waals surface area contributed by atoms with Crippen molar-refractivity contribution in [3.63, 3.8) is 0 Å². The van der Waals surface area contributed by atoms with Crippen LogP contribution in [0.1, 0.15) is 53.1 Å². The summed E-state index contributed by atoms with van der Waals surface area (Å²) in [6.07, 6.45) is 4.78. The molecule has 2 atom stereocenters. The molecule has 2 aliphatic rings. The minimum atomic E-state index is 0.122. The molecular weight excluding hydrogens is 254 g/mol. The number of rotatable bonds is 1. The van der Waals surface area contributed by atoms with Crippen LogP contribution in [0.5, 0.6) is 0 Å². The molecule has 1 aromatic heterocycles. The fourth-order valence-corrected chi connectivity index (χ4v) is 3.60. The standard InChI is InChI=1S/C16H23NO3/c1-10-11(2)20-12(3)15(10)16(18)17-8-9-19-14-7-5-4-6-13(14)17/h13-14H,4-9H2,1-3H3/t13-,14+/m0/s1. The van der Waals surface area contributed by atoms with E-state index in [4.69, 9.17) is 9.15 Å². The monoisotopic (exact) mass is 277 g/mol. The van der Waals surface area contributed by atoms with Crippen LogP contribution >= 0.6 is 0 Å². The lowest BCUT2D eigenvalue weighted by Gasteiger charge is -2.43. The number of hydrogen-bond acceptors (Lipinski definition) is 3. The highest BCUT2D eigenvalue weighted by Crippen LogP contribution is 2.31. The van der Waals surface area contributed by atoms with Crippen molar-refractivity contribution in [2.45, 2.75) is 58.6 Å². The van der Waals surface area contributed by atoms with Gasteiger partial charge in [-0.15, -0.1) is 0 Å². The van der Waals surface area contributed by atoms with Crippen molar-refractivity contribution in [2.75, 3.05) is 13.2 Å². The predicted molar refractivity (Wildman–Crippen MR) is 76.0 cm³/mol. The summed E-state index contributed by atoms with van der Waals surface area (Å²) in [6.45, 7) is 7.12. The molecule has 4 nitrogen and oxygen atoms in total. The smallest absolute Gasteiger partial charge is 0.258 e. The Bertz CT molecular complexity index is 518. The van der Waals surface area contributed by atoms with E-state index in [9.17, 15) is 4.79 Å². The van der Waals surface area contributed by atoms with Gasteiger partial charge < -0.3 is 14.1 Å². The van der Waals surface area contributed by atoms with Crippen LogP contribution in [0.2, 0.25) is 0 Å². The van der Waals surface area contributed by atoms with E-state index in [0.717, 1.165) is 35.5 Å². The first kappa shape index (κ1) is 13.7. The Morgan fingerprint density at radius 3 is 2.60 bits per heavy atom. The zero-order valence-electron chi connectivity index (χ0n) is 12.6. The van der Waals surface area contributed by atoms with Crippen LogP contribution in [0.15, 0.2) is 4.42 Å². The summed E-state index contributed by atoms with van der Waals surface area (Å²) < 4.78 is 11.5. The fraction of sp³-hybridized carbons (Fsp3) is 0.688. The normalized spacial score (nSPS) is 26.4. The van der Waals surface area contributed by atoms with Gasteiger partial charge in [0.25, 0.3) is 5.91 Å². The highest BCUT2D eigenvalue weighted by atomic mass is 16.5. The molecule has 1 aromatic rings. The summed E-state index contributed by atoms with van der Waals surface area (Å²) in [6, 6.07) is 0.249. The second-order valence-electron chi connectivity index (χ2n) is 5.97. The van der Waals surface area contributed by atoms with Crippen LogP contribution in [0.4, 0.5) is 0 Å². The van der Waals surface area contributed by atoms with E-state index in [0.29, 0.717) is 13.2 Å². The molecule has 2 fully saturated rings. The highest BCUT2D eigenvalue weighted by molar-refractivity contribution is 5.97. The summed E-state index contributed by atoms with van der Waals surface area (Å²) in [5.41, 5.74) is 1.74. The molecule has 110 valence electrons. The minimum Gasteiger partial charge on any atom is -0.466 e. The summed E-state index contributed by atoms with van der Waals surface area (Å²) in [5, 5.41) is 0. The van der Waals surface area contributed by atoms with Gasteiger partial charge in [-0.2, -0.15) is 0 Å². The van der Waals surface area contributed by atoms with Crippen LogP contribution < -0.4 is 0 Å². The van der Waals surface area contributed by atoms with Crippen LogP contribution in [-0.2, 0) is 4.74 Å². The van der Waals surface area contributed by atoms with E-state index in [-0.39, 0.29) is 18.1 Å². The van der Waals surface area contributed by atoms with Gasteiger partial charge in [-0.1, -0.05) is 12.8 Å². The Kier molecular flexibility index (Phi) is 3.59. The third-order valence-corrected chi connectivity index (χ3v) is 4.77. The topological polar surface area (TPSA) is 42.7 Å². The average Bonchev–Trinajstić information content (AvgIpc) is 2.71. The van der Waals surface area contributed by atoms with Crippen molar-refractivity contribution in [3.05, 3.63) is 22.6 Å². The first-order chi connectivity index (χ1) is 9.59. The van der Waals surface area contributed by atoms with Gasteiger partial charge in [0.2, 0.25) is 0 Å². The number of hydrogen-bond donors (Lipinski definition) is 0. The molecule has 3 rings (SSSR count). The van der Waals surface area contributed by atoms with E-state index < -0.39 is 0 Å². The predicted octanol–water partition coefficient (Wildman–Crippen LogP) is 2.99. The third kappa shape index (κ3) is 2.16. The SMILES string of the molecule is Cc1oc(C)c(C(=O)N2CCO[C@@H]3CCCC[C@@H]32)c1C. The number of carbonyl (C=O) groups excluding carboxylic acids is 1. The van der Waals surface area contributed by atoms with E-state index in [2.05, 4.69) is 0 Å². The molecular formula is C16H23NO3. The van der Waals surface area contributed by atoms with Crippen molar-refractivity contribution < 1.29 is 13.9 Å². The zero-order chi connectivity index (χ0) is 14.3. The molecule has 1 amide bonds. The lowest BCUT2D eigenvalue weighted by atomic mass is 9.89. The van der Waals surface area contributed by atoms with Gasteiger partial charge in [-0.25, -0.2) is 0 Å². The maximum absolute atomic E-state index is 12.9. The van der Waals surface area contributed by atoms with Crippen molar-refractivity contribution in [1.82, 2.24) is 4.90 Å². The van der Waals surface area contributed by atoms with Crippen LogP contribution in [0.3, 0.4) is 0 Å². The van der Waals surface area contributed by atoms with Gasteiger partial charge in [0.1, 0.15) is 11.5 Å². The summed E-state index contributed by atoms with van der Waals surface area (Å²) in [7, 11) is 0. The molecule has 0 aromatic carbocycles. The van der Waals surface area contributed by atoms with Crippen molar-refractivity contribution in [1.29, 1.82) is 0 Å². The Morgan fingerprint density at radius 1 is 1.15 bits per heavy atom. The maximum Gasteiger partial charge on any atom is 0.258 e. The third-order valence-electron chi connectivity index (χ3n) is 4.77. The molecule has 0 unspecified atom stereocenters. The average molecular weight is 277 g/mol. The molecule has 0 radical (unpaired) electrons. The van der Waals surface area contributed by atoms with E-state index >= 15 is 0 Å². The zero-order valence-corrected chi connectivity index (χ0v) is 12.6. The summed E-state index contributed by atoms with van der Waals surface area (Å²) >= 11 is 0. The van der Waals surface area contributed by atoms with Gasteiger partial charge in [0, 0.05) is 12.1 Å². The van der Waals surface area contributed by atoms with Gasteiger partial charge >= 0.3 is 0 Å². The van der Waals surface area contributed by atoms with E-state index in [1.54, 1.807) is 0 Å². The quantitative estimate of drug-likeness (QED) is 0.792. The fourth-order valence-electron chi connectivity index (χ4n) is 3.60. The number of aryl methyl sites for hydroxylation is 2. The molecule has 0 spiro atoms. The first-order valence-electron chi connectivity index (χ1n) is 7.58. The van der Waals surface area contributed by atoms with Crippen LogP contribution in [0.25, 0.3) is 0 Å².